The number of carbonyl (C=O) groups is 1. The summed E-state index contributed by atoms with van der Waals surface area (Å²) < 4.78 is 0. The van der Waals surface area contributed by atoms with Gasteiger partial charge in [-0.3, -0.25) is 4.79 Å². The molecule has 0 bridgehead atoms. The van der Waals surface area contributed by atoms with Gasteiger partial charge in [-0.05, 0) is 30.5 Å². The maximum Gasteiger partial charge on any atom is 0.226 e. The quantitative estimate of drug-likeness (QED) is 0.830. The highest BCUT2D eigenvalue weighted by atomic mass is 32.1. The van der Waals surface area contributed by atoms with Crippen molar-refractivity contribution in [1.82, 2.24) is 4.90 Å². The van der Waals surface area contributed by atoms with E-state index in [9.17, 15) is 9.90 Å². The molecule has 0 atom stereocenters. The van der Waals surface area contributed by atoms with Crippen molar-refractivity contribution in [3.05, 3.63) is 29.8 Å². The van der Waals surface area contributed by atoms with Crippen LogP contribution in [0.15, 0.2) is 29.2 Å². The SMILES string of the molecule is CN(CC1(O)CCCC1)C(=O)Cc1ccc(S)cc1. The minimum Gasteiger partial charge on any atom is -0.388 e. The average Bonchev–Trinajstić information content (AvgIpc) is 2.78. The first-order chi connectivity index (χ1) is 8.98. The molecule has 1 N–H and O–H groups in total. The van der Waals surface area contributed by atoms with Gasteiger partial charge in [0.05, 0.1) is 12.0 Å². The Kier molecular flexibility index (Phi) is 4.53. The first-order valence-corrected chi connectivity index (χ1v) is 7.17. The summed E-state index contributed by atoms with van der Waals surface area (Å²) in [5.41, 5.74) is 0.312. The molecule has 1 aliphatic carbocycles. The molecule has 0 spiro atoms. The molecule has 4 heteroatoms. The minimum absolute atomic E-state index is 0.0484. The van der Waals surface area contributed by atoms with Crippen molar-refractivity contribution < 1.29 is 9.90 Å². The Bertz CT molecular complexity index is 438. The molecular weight excluding hydrogens is 258 g/mol. The maximum absolute atomic E-state index is 12.1. The van der Waals surface area contributed by atoms with Crippen LogP contribution in [-0.4, -0.2) is 35.1 Å². The number of hydrogen-bond acceptors (Lipinski definition) is 3. The number of hydrogen-bond donors (Lipinski definition) is 2. The molecule has 0 aromatic heterocycles. The molecule has 1 saturated carbocycles. The lowest BCUT2D eigenvalue weighted by atomic mass is 10.0. The molecule has 1 aromatic carbocycles. The van der Waals surface area contributed by atoms with Gasteiger partial charge in [-0.25, -0.2) is 0 Å². The molecular formula is C15H21NO2S. The number of rotatable bonds is 4. The predicted molar refractivity (Wildman–Crippen MR) is 78.5 cm³/mol. The van der Waals surface area contributed by atoms with E-state index in [1.54, 1.807) is 11.9 Å². The van der Waals surface area contributed by atoms with Crippen LogP contribution in [0.5, 0.6) is 0 Å². The van der Waals surface area contributed by atoms with E-state index in [0.29, 0.717) is 13.0 Å². The van der Waals surface area contributed by atoms with Crippen LogP contribution in [0, 0.1) is 0 Å². The molecule has 0 unspecified atom stereocenters. The fourth-order valence-corrected chi connectivity index (χ4v) is 2.79. The molecule has 1 aliphatic rings. The zero-order valence-corrected chi connectivity index (χ0v) is 12.2. The van der Waals surface area contributed by atoms with Gasteiger partial charge in [0.2, 0.25) is 5.91 Å². The van der Waals surface area contributed by atoms with Crippen molar-refractivity contribution >= 4 is 18.5 Å². The normalized spacial score (nSPS) is 17.4. The highest BCUT2D eigenvalue weighted by Gasteiger charge is 2.33. The zero-order chi connectivity index (χ0) is 13.9. The number of carbonyl (C=O) groups excluding carboxylic acids is 1. The van der Waals surface area contributed by atoms with Gasteiger partial charge >= 0.3 is 0 Å². The van der Waals surface area contributed by atoms with Crippen LogP contribution in [0.4, 0.5) is 0 Å². The lowest BCUT2D eigenvalue weighted by Gasteiger charge is -2.28. The number of benzene rings is 1. The highest BCUT2D eigenvalue weighted by Crippen LogP contribution is 2.30. The van der Waals surface area contributed by atoms with Gasteiger partial charge in [-0.15, -0.1) is 12.6 Å². The van der Waals surface area contributed by atoms with Crippen LogP contribution >= 0.6 is 12.6 Å². The third-order valence-corrected chi connectivity index (χ3v) is 4.08. The van der Waals surface area contributed by atoms with Gasteiger partial charge in [0.1, 0.15) is 0 Å². The molecule has 0 heterocycles. The fraction of sp³-hybridized carbons (Fsp3) is 0.533. The van der Waals surface area contributed by atoms with Crippen LogP contribution in [-0.2, 0) is 11.2 Å². The van der Waals surface area contributed by atoms with Crippen molar-refractivity contribution in [2.24, 2.45) is 0 Å². The summed E-state index contributed by atoms with van der Waals surface area (Å²) in [6.07, 6.45) is 4.10. The van der Waals surface area contributed by atoms with E-state index < -0.39 is 5.60 Å². The molecule has 2 rings (SSSR count). The van der Waals surface area contributed by atoms with Crippen LogP contribution in [0.2, 0.25) is 0 Å². The van der Waals surface area contributed by atoms with Crippen LogP contribution < -0.4 is 0 Å². The lowest BCUT2D eigenvalue weighted by Crippen LogP contribution is -2.42. The van der Waals surface area contributed by atoms with Crippen molar-refractivity contribution in [3.63, 3.8) is 0 Å². The maximum atomic E-state index is 12.1. The molecule has 3 nitrogen and oxygen atoms in total. The van der Waals surface area contributed by atoms with E-state index in [1.165, 1.54) is 0 Å². The first-order valence-electron chi connectivity index (χ1n) is 6.73. The minimum atomic E-state index is -0.667. The van der Waals surface area contributed by atoms with E-state index in [2.05, 4.69) is 12.6 Å². The Balaban J connectivity index is 1.90. The second-order valence-corrected chi connectivity index (χ2v) is 6.04. The Morgan fingerprint density at radius 3 is 2.47 bits per heavy atom. The van der Waals surface area contributed by atoms with Gasteiger partial charge < -0.3 is 10.0 Å². The second kappa shape index (κ2) is 5.97. The lowest BCUT2D eigenvalue weighted by molar-refractivity contribution is -0.132. The molecule has 104 valence electrons. The third kappa shape index (κ3) is 3.98. The second-order valence-electron chi connectivity index (χ2n) is 5.52. The summed E-state index contributed by atoms with van der Waals surface area (Å²) in [5, 5.41) is 10.3. The number of amides is 1. The molecule has 0 radical (unpaired) electrons. The fourth-order valence-electron chi connectivity index (χ4n) is 2.64. The number of thiol groups is 1. The summed E-state index contributed by atoms with van der Waals surface area (Å²) in [4.78, 5) is 14.7. The van der Waals surface area contributed by atoms with Crippen LogP contribution in [0.1, 0.15) is 31.2 Å². The summed E-state index contributed by atoms with van der Waals surface area (Å²) in [7, 11) is 1.77. The molecule has 0 aliphatic heterocycles. The van der Waals surface area contributed by atoms with E-state index >= 15 is 0 Å². The van der Waals surface area contributed by atoms with Gasteiger partial charge in [0.15, 0.2) is 0 Å². The summed E-state index contributed by atoms with van der Waals surface area (Å²) >= 11 is 4.22. The molecule has 0 saturated heterocycles. The van der Waals surface area contributed by atoms with E-state index in [0.717, 1.165) is 36.1 Å². The highest BCUT2D eigenvalue weighted by molar-refractivity contribution is 7.80. The van der Waals surface area contributed by atoms with Crippen LogP contribution in [0.3, 0.4) is 0 Å². The largest absolute Gasteiger partial charge is 0.388 e. The van der Waals surface area contributed by atoms with Crippen molar-refractivity contribution in [2.75, 3.05) is 13.6 Å². The zero-order valence-electron chi connectivity index (χ0n) is 11.3. The number of likely N-dealkylation sites (N-methyl/N-ethyl adjacent to an activating group) is 1. The Hall–Kier alpha value is -1.00. The molecule has 1 amide bonds. The number of aliphatic hydroxyl groups is 1. The number of nitrogens with zero attached hydrogens (tertiary/aromatic N) is 1. The van der Waals surface area contributed by atoms with Gasteiger partial charge in [0, 0.05) is 18.5 Å². The smallest absolute Gasteiger partial charge is 0.226 e. The Labute approximate surface area is 120 Å². The van der Waals surface area contributed by atoms with Gasteiger partial charge in [-0.2, -0.15) is 0 Å². The first kappa shape index (κ1) is 14.4. The van der Waals surface area contributed by atoms with E-state index in [4.69, 9.17) is 0 Å². The van der Waals surface area contributed by atoms with Crippen molar-refractivity contribution in [2.45, 2.75) is 42.6 Å². The average molecular weight is 279 g/mol. The van der Waals surface area contributed by atoms with Crippen LogP contribution in [0.25, 0.3) is 0 Å². The molecule has 1 fully saturated rings. The van der Waals surface area contributed by atoms with Crippen molar-refractivity contribution in [3.8, 4) is 0 Å². The Morgan fingerprint density at radius 1 is 1.32 bits per heavy atom. The monoisotopic (exact) mass is 279 g/mol. The summed E-state index contributed by atoms with van der Waals surface area (Å²) in [6.45, 7) is 0.441. The van der Waals surface area contributed by atoms with Crippen molar-refractivity contribution in [1.29, 1.82) is 0 Å². The summed E-state index contributed by atoms with van der Waals surface area (Å²) in [5.74, 6) is 0.0484. The molecule has 1 aromatic rings. The van der Waals surface area contributed by atoms with E-state index in [1.807, 2.05) is 24.3 Å². The standard InChI is InChI=1S/C15H21NO2S/c1-16(11-15(18)8-2-3-9-15)14(17)10-12-4-6-13(19)7-5-12/h4-7,18-19H,2-3,8-11H2,1H3. The van der Waals surface area contributed by atoms with Gasteiger partial charge in [0.25, 0.3) is 0 Å². The summed E-state index contributed by atoms with van der Waals surface area (Å²) in [6, 6.07) is 7.60. The Morgan fingerprint density at radius 2 is 1.89 bits per heavy atom. The predicted octanol–water partition coefficient (Wildman–Crippen LogP) is 2.28. The third-order valence-electron chi connectivity index (χ3n) is 3.78. The molecule has 19 heavy (non-hydrogen) atoms. The topological polar surface area (TPSA) is 40.5 Å². The van der Waals surface area contributed by atoms with E-state index in [-0.39, 0.29) is 5.91 Å². The van der Waals surface area contributed by atoms with Gasteiger partial charge in [-0.1, -0.05) is 25.0 Å².